The lowest BCUT2D eigenvalue weighted by atomic mass is 9.85. The third-order valence-electron chi connectivity index (χ3n) is 4.11. The Bertz CT molecular complexity index is 434. The van der Waals surface area contributed by atoms with Crippen LogP contribution in [0.1, 0.15) is 35.4 Å². The van der Waals surface area contributed by atoms with Crippen molar-refractivity contribution in [2.24, 2.45) is 5.73 Å². The highest BCUT2D eigenvalue weighted by Gasteiger charge is 2.24. The van der Waals surface area contributed by atoms with Crippen LogP contribution in [0, 0.1) is 13.8 Å². The predicted molar refractivity (Wildman–Crippen MR) is 73.5 cm³/mol. The van der Waals surface area contributed by atoms with Crippen LogP contribution in [0.25, 0.3) is 0 Å². The topological polar surface area (TPSA) is 46.3 Å². The van der Waals surface area contributed by atoms with Crippen molar-refractivity contribution in [1.82, 2.24) is 4.90 Å². The van der Waals surface area contributed by atoms with Gasteiger partial charge in [-0.3, -0.25) is 4.79 Å². The van der Waals surface area contributed by atoms with Crippen LogP contribution >= 0.6 is 0 Å². The molecule has 98 valence electrons. The van der Waals surface area contributed by atoms with Crippen LogP contribution in [0.15, 0.2) is 18.2 Å². The fourth-order valence-electron chi connectivity index (χ4n) is 2.79. The predicted octanol–water partition coefficient (Wildman–Crippen LogP) is 1.97. The lowest BCUT2D eigenvalue weighted by molar-refractivity contribution is -0.130. The first kappa shape index (κ1) is 13.1. The standard InChI is InChI=1S/C15H22N2O/c1-11-4-3-5-14(12(11)2)13-6-8-17(9-7-13)15(18)10-16/h3-5,13H,6-10,16H2,1-2H3. The van der Waals surface area contributed by atoms with E-state index in [1.54, 1.807) is 0 Å². The van der Waals surface area contributed by atoms with Gasteiger partial charge < -0.3 is 10.6 Å². The number of nitrogens with two attached hydrogens (primary N) is 1. The van der Waals surface area contributed by atoms with Crippen molar-refractivity contribution in [2.75, 3.05) is 19.6 Å². The van der Waals surface area contributed by atoms with E-state index in [-0.39, 0.29) is 12.5 Å². The van der Waals surface area contributed by atoms with Gasteiger partial charge in [0, 0.05) is 13.1 Å². The molecule has 1 aromatic rings. The molecular formula is C15H22N2O. The molecule has 0 aliphatic carbocycles. The van der Waals surface area contributed by atoms with Gasteiger partial charge in [-0.1, -0.05) is 18.2 Å². The summed E-state index contributed by atoms with van der Waals surface area (Å²) >= 11 is 0. The van der Waals surface area contributed by atoms with E-state index in [1.807, 2.05) is 4.90 Å². The Morgan fingerprint density at radius 2 is 2.00 bits per heavy atom. The van der Waals surface area contributed by atoms with Crippen molar-refractivity contribution >= 4 is 5.91 Å². The van der Waals surface area contributed by atoms with E-state index in [0.29, 0.717) is 5.92 Å². The van der Waals surface area contributed by atoms with Crippen LogP contribution in [-0.4, -0.2) is 30.4 Å². The molecule has 0 atom stereocenters. The molecule has 1 aliphatic rings. The molecule has 2 N–H and O–H groups in total. The van der Waals surface area contributed by atoms with Crippen molar-refractivity contribution in [3.63, 3.8) is 0 Å². The van der Waals surface area contributed by atoms with Gasteiger partial charge in [-0.15, -0.1) is 0 Å². The van der Waals surface area contributed by atoms with E-state index in [1.165, 1.54) is 16.7 Å². The minimum Gasteiger partial charge on any atom is -0.342 e. The van der Waals surface area contributed by atoms with Gasteiger partial charge in [0.2, 0.25) is 5.91 Å². The molecule has 0 radical (unpaired) electrons. The third-order valence-corrected chi connectivity index (χ3v) is 4.11. The summed E-state index contributed by atoms with van der Waals surface area (Å²) in [4.78, 5) is 13.4. The van der Waals surface area contributed by atoms with Crippen LogP contribution in [0.3, 0.4) is 0 Å². The van der Waals surface area contributed by atoms with Crippen LogP contribution in [-0.2, 0) is 4.79 Å². The first-order valence-corrected chi connectivity index (χ1v) is 6.67. The second kappa shape index (κ2) is 5.53. The number of hydrogen-bond acceptors (Lipinski definition) is 2. The van der Waals surface area contributed by atoms with Gasteiger partial charge in [-0.2, -0.15) is 0 Å². The Morgan fingerprint density at radius 3 is 2.61 bits per heavy atom. The van der Waals surface area contributed by atoms with Crippen molar-refractivity contribution in [2.45, 2.75) is 32.6 Å². The molecule has 0 aromatic heterocycles. The largest absolute Gasteiger partial charge is 0.342 e. The number of piperidine rings is 1. The van der Waals surface area contributed by atoms with Crippen LogP contribution in [0.2, 0.25) is 0 Å². The molecule has 3 nitrogen and oxygen atoms in total. The fourth-order valence-corrected chi connectivity index (χ4v) is 2.79. The average molecular weight is 246 g/mol. The number of carbonyl (C=O) groups is 1. The molecule has 1 aliphatic heterocycles. The summed E-state index contributed by atoms with van der Waals surface area (Å²) in [6, 6.07) is 6.52. The van der Waals surface area contributed by atoms with Gasteiger partial charge in [0.25, 0.3) is 0 Å². The molecule has 2 rings (SSSR count). The Labute approximate surface area is 109 Å². The molecule has 1 fully saturated rings. The summed E-state index contributed by atoms with van der Waals surface area (Å²) in [5.41, 5.74) is 9.61. The monoisotopic (exact) mass is 246 g/mol. The van der Waals surface area contributed by atoms with E-state index >= 15 is 0 Å². The molecule has 0 bridgehead atoms. The van der Waals surface area contributed by atoms with Gasteiger partial charge in [0.05, 0.1) is 6.54 Å². The third kappa shape index (κ3) is 2.56. The molecule has 1 heterocycles. The minimum absolute atomic E-state index is 0.0782. The number of hydrogen-bond donors (Lipinski definition) is 1. The summed E-state index contributed by atoms with van der Waals surface area (Å²) in [7, 11) is 0. The molecule has 18 heavy (non-hydrogen) atoms. The summed E-state index contributed by atoms with van der Waals surface area (Å²) in [6.07, 6.45) is 2.10. The molecule has 1 amide bonds. The second-order valence-electron chi connectivity index (χ2n) is 5.15. The Balaban J connectivity index is 2.06. The maximum absolute atomic E-state index is 11.5. The summed E-state index contributed by atoms with van der Waals surface area (Å²) in [5.74, 6) is 0.668. The van der Waals surface area contributed by atoms with Crippen molar-refractivity contribution in [1.29, 1.82) is 0 Å². The first-order chi connectivity index (χ1) is 8.63. The highest BCUT2D eigenvalue weighted by atomic mass is 16.2. The van der Waals surface area contributed by atoms with Gasteiger partial charge >= 0.3 is 0 Å². The van der Waals surface area contributed by atoms with E-state index in [0.717, 1.165) is 25.9 Å². The fraction of sp³-hybridized carbons (Fsp3) is 0.533. The van der Waals surface area contributed by atoms with Gasteiger partial charge in [-0.05, 0) is 49.3 Å². The highest BCUT2D eigenvalue weighted by molar-refractivity contribution is 5.78. The quantitative estimate of drug-likeness (QED) is 0.867. The molecular weight excluding hydrogens is 224 g/mol. The summed E-state index contributed by atoms with van der Waals surface area (Å²) in [5, 5.41) is 0. The van der Waals surface area contributed by atoms with Crippen molar-refractivity contribution < 1.29 is 4.79 Å². The number of amides is 1. The zero-order chi connectivity index (χ0) is 13.1. The lowest BCUT2D eigenvalue weighted by Crippen LogP contribution is -2.41. The normalized spacial score (nSPS) is 16.9. The van der Waals surface area contributed by atoms with Crippen LogP contribution in [0.5, 0.6) is 0 Å². The molecule has 0 unspecified atom stereocenters. The number of carbonyl (C=O) groups excluding carboxylic acids is 1. The Hall–Kier alpha value is -1.35. The van der Waals surface area contributed by atoms with E-state index in [4.69, 9.17) is 5.73 Å². The Kier molecular flexibility index (Phi) is 4.02. The van der Waals surface area contributed by atoms with E-state index in [9.17, 15) is 4.79 Å². The number of aryl methyl sites for hydroxylation is 1. The summed E-state index contributed by atoms with van der Waals surface area (Å²) in [6.45, 7) is 6.17. The minimum atomic E-state index is 0.0782. The average Bonchev–Trinajstić information content (AvgIpc) is 2.41. The smallest absolute Gasteiger partial charge is 0.236 e. The zero-order valence-corrected chi connectivity index (χ0v) is 11.3. The number of nitrogens with zero attached hydrogens (tertiary/aromatic N) is 1. The van der Waals surface area contributed by atoms with Gasteiger partial charge in [-0.25, -0.2) is 0 Å². The molecule has 0 saturated carbocycles. The molecule has 1 aromatic carbocycles. The molecule has 1 saturated heterocycles. The van der Waals surface area contributed by atoms with Crippen molar-refractivity contribution in [3.8, 4) is 0 Å². The summed E-state index contributed by atoms with van der Waals surface area (Å²) < 4.78 is 0. The van der Waals surface area contributed by atoms with Gasteiger partial charge in [0.15, 0.2) is 0 Å². The Morgan fingerprint density at radius 1 is 1.33 bits per heavy atom. The number of rotatable bonds is 2. The van der Waals surface area contributed by atoms with Gasteiger partial charge in [0.1, 0.15) is 0 Å². The maximum atomic E-state index is 11.5. The number of likely N-dealkylation sites (tertiary alicyclic amines) is 1. The van der Waals surface area contributed by atoms with Crippen LogP contribution in [0.4, 0.5) is 0 Å². The van der Waals surface area contributed by atoms with E-state index in [2.05, 4.69) is 32.0 Å². The van der Waals surface area contributed by atoms with E-state index < -0.39 is 0 Å². The molecule has 3 heteroatoms. The van der Waals surface area contributed by atoms with Crippen LogP contribution < -0.4 is 5.73 Å². The zero-order valence-electron chi connectivity index (χ0n) is 11.3. The maximum Gasteiger partial charge on any atom is 0.236 e. The SMILES string of the molecule is Cc1cccc(C2CCN(C(=O)CN)CC2)c1C. The highest BCUT2D eigenvalue weighted by Crippen LogP contribution is 2.31. The second-order valence-corrected chi connectivity index (χ2v) is 5.15. The first-order valence-electron chi connectivity index (χ1n) is 6.67. The molecule has 0 spiro atoms. The number of benzene rings is 1. The lowest BCUT2D eigenvalue weighted by Gasteiger charge is -2.32. The van der Waals surface area contributed by atoms with Crippen molar-refractivity contribution in [3.05, 3.63) is 34.9 Å².